The summed E-state index contributed by atoms with van der Waals surface area (Å²) in [6, 6.07) is 6.06. The molecular weight excluding hydrogens is 188 g/mol. The molecule has 0 aliphatic carbocycles. The number of fused-ring (bicyclic) bond motifs is 1. The molecule has 0 radical (unpaired) electrons. The van der Waals surface area contributed by atoms with Crippen LogP contribution in [0.25, 0.3) is 11.0 Å². The first-order chi connectivity index (χ1) is 7.24. The van der Waals surface area contributed by atoms with Crippen LogP contribution in [0.4, 0.5) is 0 Å². The van der Waals surface area contributed by atoms with Gasteiger partial charge in [0.15, 0.2) is 0 Å². The Bertz CT molecular complexity index is 500. The van der Waals surface area contributed by atoms with Gasteiger partial charge < -0.3 is 9.36 Å². The predicted octanol–water partition coefficient (Wildman–Crippen LogP) is 2.01. The van der Waals surface area contributed by atoms with Gasteiger partial charge >= 0.3 is 0 Å². The maximum atomic E-state index is 10.4. The fraction of sp³-hybridized carbons (Fsp3) is 0.333. The molecule has 0 aliphatic heterocycles. The summed E-state index contributed by atoms with van der Waals surface area (Å²) in [5.41, 5.74) is 3.36. The van der Waals surface area contributed by atoms with Gasteiger partial charge in [0.1, 0.15) is 12.1 Å². The van der Waals surface area contributed by atoms with E-state index in [-0.39, 0.29) is 0 Å². The van der Waals surface area contributed by atoms with Crippen molar-refractivity contribution in [1.82, 2.24) is 9.55 Å². The molecule has 0 atom stereocenters. The van der Waals surface area contributed by atoms with Crippen molar-refractivity contribution in [2.45, 2.75) is 19.8 Å². The van der Waals surface area contributed by atoms with E-state index in [1.165, 1.54) is 5.56 Å². The van der Waals surface area contributed by atoms with E-state index in [2.05, 4.69) is 15.6 Å². The first-order valence-corrected chi connectivity index (χ1v) is 5.08. The van der Waals surface area contributed by atoms with Gasteiger partial charge in [0, 0.05) is 13.5 Å². The van der Waals surface area contributed by atoms with Crippen LogP contribution in [0.5, 0.6) is 0 Å². The number of carbonyl (C=O) groups excluding carboxylic acids is 1. The van der Waals surface area contributed by atoms with E-state index in [0.29, 0.717) is 6.42 Å². The van der Waals surface area contributed by atoms with Gasteiger partial charge in [-0.3, -0.25) is 0 Å². The summed E-state index contributed by atoms with van der Waals surface area (Å²) in [5, 5.41) is 0. The largest absolute Gasteiger partial charge is 0.331 e. The van der Waals surface area contributed by atoms with Crippen LogP contribution in [0.3, 0.4) is 0 Å². The Morgan fingerprint density at radius 3 is 3.00 bits per heavy atom. The minimum Gasteiger partial charge on any atom is -0.331 e. The van der Waals surface area contributed by atoms with Crippen LogP contribution in [-0.4, -0.2) is 15.8 Å². The molecule has 0 aliphatic rings. The zero-order valence-corrected chi connectivity index (χ0v) is 9.03. The molecule has 0 amide bonds. The third kappa shape index (κ3) is 1.65. The second-order valence-electron chi connectivity index (χ2n) is 3.71. The number of aldehydes is 1. The smallest absolute Gasteiger partial charge is 0.120 e. The van der Waals surface area contributed by atoms with Crippen molar-refractivity contribution in [1.29, 1.82) is 0 Å². The number of aromatic nitrogens is 2. The number of benzene rings is 1. The van der Waals surface area contributed by atoms with Crippen molar-refractivity contribution in [3.63, 3.8) is 0 Å². The lowest BCUT2D eigenvalue weighted by atomic mass is 10.1. The summed E-state index contributed by atoms with van der Waals surface area (Å²) < 4.78 is 2.08. The molecule has 0 N–H and O–H groups in total. The number of para-hydroxylation sites is 1. The van der Waals surface area contributed by atoms with Crippen LogP contribution in [0.15, 0.2) is 18.2 Å². The molecule has 1 heterocycles. The minimum absolute atomic E-state index is 0.573. The number of hydrogen-bond acceptors (Lipinski definition) is 2. The van der Waals surface area contributed by atoms with Gasteiger partial charge in [0.05, 0.1) is 11.0 Å². The third-order valence-electron chi connectivity index (χ3n) is 2.73. The number of hydrogen-bond donors (Lipinski definition) is 0. The van der Waals surface area contributed by atoms with Crippen molar-refractivity contribution in [3.8, 4) is 0 Å². The van der Waals surface area contributed by atoms with Crippen LogP contribution in [0, 0.1) is 6.92 Å². The highest BCUT2D eigenvalue weighted by Gasteiger charge is 2.07. The molecule has 0 bridgehead atoms. The average Bonchev–Trinajstić information content (AvgIpc) is 2.53. The molecule has 1 aromatic heterocycles. The van der Waals surface area contributed by atoms with Crippen LogP contribution >= 0.6 is 0 Å². The van der Waals surface area contributed by atoms with Gasteiger partial charge in [-0.15, -0.1) is 0 Å². The maximum absolute atomic E-state index is 10.4. The number of imidazole rings is 1. The van der Waals surface area contributed by atoms with Gasteiger partial charge in [-0.25, -0.2) is 4.98 Å². The Morgan fingerprint density at radius 2 is 2.27 bits per heavy atom. The van der Waals surface area contributed by atoms with Crippen molar-refractivity contribution >= 4 is 17.3 Å². The lowest BCUT2D eigenvalue weighted by molar-refractivity contribution is -0.107. The zero-order chi connectivity index (χ0) is 10.8. The summed E-state index contributed by atoms with van der Waals surface area (Å²) >= 11 is 0. The Balaban J connectivity index is 2.58. The molecular formula is C12H14N2O. The molecule has 3 nitrogen and oxygen atoms in total. The molecule has 1 aromatic carbocycles. The van der Waals surface area contributed by atoms with Crippen molar-refractivity contribution in [2.75, 3.05) is 0 Å². The van der Waals surface area contributed by atoms with E-state index >= 15 is 0 Å². The monoisotopic (exact) mass is 202 g/mol. The van der Waals surface area contributed by atoms with Gasteiger partial charge in [0.25, 0.3) is 0 Å². The maximum Gasteiger partial charge on any atom is 0.120 e. The lowest BCUT2D eigenvalue weighted by Crippen LogP contribution is -1.95. The Morgan fingerprint density at radius 1 is 1.47 bits per heavy atom. The topological polar surface area (TPSA) is 34.9 Å². The number of carbonyl (C=O) groups is 1. The van der Waals surface area contributed by atoms with Gasteiger partial charge in [0.2, 0.25) is 0 Å². The van der Waals surface area contributed by atoms with Gasteiger partial charge in [-0.1, -0.05) is 12.1 Å². The van der Waals surface area contributed by atoms with Crippen LogP contribution in [0.2, 0.25) is 0 Å². The van der Waals surface area contributed by atoms with Crippen LogP contribution < -0.4 is 0 Å². The molecule has 78 valence electrons. The normalized spacial score (nSPS) is 10.8. The first-order valence-electron chi connectivity index (χ1n) is 5.08. The van der Waals surface area contributed by atoms with Crippen molar-refractivity contribution in [3.05, 3.63) is 29.6 Å². The highest BCUT2D eigenvalue weighted by Crippen LogP contribution is 2.20. The quantitative estimate of drug-likeness (QED) is 0.714. The molecule has 0 spiro atoms. The van der Waals surface area contributed by atoms with Crippen LogP contribution in [0.1, 0.15) is 17.8 Å². The molecule has 0 saturated carbocycles. The van der Waals surface area contributed by atoms with Crippen LogP contribution in [-0.2, 0) is 18.3 Å². The minimum atomic E-state index is 0.573. The molecule has 15 heavy (non-hydrogen) atoms. The van der Waals surface area contributed by atoms with Crippen molar-refractivity contribution in [2.24, 2.45) is 7.05 Å². The fourth-order valence-electron chi connectivity index (χ4n) is 1.88. The molecule has 2 rings (SSSR count). The summed E-state index contributed by atoms with van der Waals surface area (Å²) in [6.07, 6.45) is 2.32. The third-order valence-corrected chi connectivity index (χ3v) is 2.73. The zero-order valence-electron chi connectivity index (χ0n) is 9.03. The van der Waals surface area contributed by atoms with E-state index in [1.807, 2.05) is 26.1 Å². The standard InChI is InChI=1S/C12H14N2O/c1-9-13-11-7-3-5-10(6-4-8-15)12(11)14(9)2/h3,5,7-8H,4,6H2,1-2H3. The van der Waals surface area contributed by atoms with Crippen molar-refractivity contribution < 1.29 is 4.79 Å². The Hall–Kier alpha value is -1.64. The lowest BCUT2D eigenvalue weighted by Gasteiger charge is -2.03. The van der Waals surface area contributed by atoms with Gasteiger partial charge in [-0.05, 0) is 25.0 Å². The number of aryl methyl sites for hydroxylation is 3. The molecule has 2 aromatic rings. The van der Waals surface area contributed by atoms with E-state index in [9.17, 15) is 4.79 Å². The summed E-state index contributed by atoms with van der Waals surface area (Å²) in [7, 11) is 2.01. The SMILES string of the molecule is Cc1nc2cccc(CCC=O)c2n1C. The second-order valence-corrected chi connectivity index (χ2v) is 3.71. The van der Waals surface area contributed by atoms with Gasteiger partial charge in [-0.2, -0.15) is 0 Å². The predicted molar refractivity (Wildman–Crippen MR) is 59.8 cm³/mol. The second kappa shape index (κ2) is 3.85. The summed E-state index contributed by atoms with van der Waals surface area (Å²) in [5.74, 6) is 1.00. The molecule has 0 unspecified atom stereocenters. The number of nitrogens with zero attached hydrogens (tertiary/aromatic N) is 2. The Labute approximate surface area is 88.7 Å². The summed E-state index contributed by atoms with van der Waals surface area (Å²) in [4.78, 5) is 14.8. The van der Waals surface area contributed by atoms with E-state index < -0.39 is 0 Å². The molecule has 0 fully saturated rings. The fourth-order valence-corrected chi connectivity index (χ4v) is 1.88. The van der Waals surface area contributed by atoms with E-state index in [1.54, 1.807) is 0 Å². The highest BCUT2D eigenvalue weighted by molar-refractivity contribution is 5.80. The first kappa shape index (κ1) is 9.90. The number of rotatable bonds is 3. The summed E-state index contributed by atoms with van der Waals surface area (Å²) in [6.45, 7) is 1.99. The highest BCUT2D eigenvalue weighted by atomic mass is 16.1. The van der Waals surface area contributed by atoms with E-state index in [4.69, 9.17) is 0 Å². The van der Waals surface area contributed by atoms with E-state index in [0.717, 1.165) is 29.6 Å². The molecule has 0 saturated heterocycles. The average molecular weight is 202 g/mol. The molecule has 3 heteroatoms. The Kier molecular flexibility index (Phi) is 2.54.